The summed E-state index contributed by atoms with van der Waals surface area (Å²) in [4.78, 5) is 16.6. The van der Waals surface area contributed by atoms with Gasteiger partial charge in [-0.05, 0) is 44.5 Å². The summed E-state index contributed by atoms with van der Waals surface area (Å²) in [6.07, 6.45) is 4.68. The number of nitrogens with zero attached hydrogens (tertiary/aromatic N) is 3. The van der Waals surface area contributed by atoms with Crippen molar-refractivity contribution < 1.29 is 13.9 Å². The Morgan fingerprint density at radius 3 is 2.56 bits per heavy atom. The molecule has 0 radical (unpaired) electrons. The molecule has 0 fully saturated rings. The van der Waals surface area contributed by atoms with Crippen LogP contribution in [0.3, 0.4) is 0 Å². The predicted octanol–water partition coefficient (Wildman–Crippen LogP) is 5.27. The predicted molar refractivity (Wildman–Crippen MR) is 123 cm³/mol. The SMILES string of the molecule is Cc1ccc(Cn2nc(C)c(/C=C/C(=O)OCc3coc(-c4ccccc4)n3)c2C)cc1. The standard InChI is InChI=1S/C26H25N3O3/c1-18-9-11-21(12-10-18)15-29-20(3)24(19(2)28-29)13-14-25(30)31-16-23-17-32-26(27-23)22-7-5-4-6-8-22/h4-14,17H,15-16H2,1-3H3/b14-13+. The van der Waals surface area contributed by atoms with E-state index in [4.69, 9.17) is 9.15 Å². The Morgan fingerprint density at radius 1 is 1.06 bits per heavy atom. The number of rotatable bonds is 7. The largest absolute Gasteiger partial charge is 0.456 e. The Labute approximate surface area is 187 Å². The molecule has 0 aliphatic carbocycles. The fraction of sp³-hybridized carbons (Fsp3) is 0.192. The van der Waals surface area contributed by atoms with Crippen molar-refractivity contribution in [1.29, 1.82) is 0 Å². The maximum atomic E-state index is 12.2. The molecule has 0 bridgehead atoms. The maximum absolute atomic E-state index is 12.2. The first-order valence-corrected chi connectivity index (χ1v) is 10.4. The van der Waals surface area contributed by atoms with Gasteiger partial charge in [0.25, 0.3) is 0 Å². The summed E-state index contributed by atoms with van der Waals surface area (Å²) in [7, 11) is 0. The van der Waals surface area contributed by atoms with Crippen LogP contribution in [0.5, 0.6) is 0 Å². The molecule has 0 atom stereocenters. The van der Waals surface area contributed by atoms with Crippen molar-refractivity contribution in [2.24, 2.45) is 0 Å². The summed E-state index contributed by atoms with van der Waals surface area (Å²) in [5, 5.41) is 4.62. The smallest absolute Gasteiger partial charge is 0.331 e. The molecule has 0 saturated heterocycles. The second-order valence-corrected chi connectivity index (χ2v) is 7.68. The lowest BCUT2D eigenvalue weighted by molar-refractivity contribution is -0.139. The summed E-state index contributed by atoms with van der Waals surface area (Å²) >= 11 is 0. The minimum Gasteiger partial charge on any atom is -0.456 e. The third kappa shape index (κ3) is 5.03. The fourth-order valence-electron chi connectivity index (χ4n) is 3.40. The van der Waals surface area contributed by atoms with Crippen LogP contribution in [0.4, 0.5) is 0 Å². The van der Waals surface area contributed by atoms with Crippen LogP contribution in [-0.2, 0) is 22.7 Å². The van der Waals surface area contributed by atoms with Crippen LogP contribution in [0, 0.1) is 20.8 Å². The molecule has 0 amide bonds. The lowest BCUT2D eigenvalue weighted by atomic mass is 10.1. The Kier molecular flexibility index (Phi) is 6.31. The lowest BCUT2D eigenvalue weighted by Crippen LogP contribution is -2.04. The zero-order valence-electron chi connectivity index (χ0n) is 18.4. The number of ether oxygens (including phenoxy) is 1. The summed E-state index contributed by atoms with van der Waals surface area (Å²) in [5.74, 6) is 0.0544. The Morgan fingerprint density at radius 2 is 1.81 bits per heavy atom. The highest BCUT2D eigenvalue weighted by molar-refractivity contribution is 5.87. The third-order valence-corrected chi connectivity index (χ3v) is 5.21. The highest BCUT2D eigenvalue weighted by Gasteiger charge is 2.11. The molecule has 2 aromatic carbocycles. The van der Waals surface area contributed by atoms with Crippen molar-refractivity contribution >= 4 is 12.0 Å². The highest BCUT2D eigenvalue weighted by atomic mass is 16.5. The van der Waals surface area contributed by atoms with E-state index in [-0.39, 0.29) is 6.61 Å². The average Bonchev–Trinajstić information content (AvgIpc) is 3.38. The molecule has 4 aromatic rings. The minimum absolute atomic E-state index is 0.0458. The number of aryl methyl sites for hydroxylation is 2. The maximum Gasteiger partial charge on any atom is 0.331 e. The zero-order valence-corrected chi connectivity index (χ0v) is 18.4. The molecule has 0 aliphatic heterocycles. The summed E-state index contributed by atoms with van der Waals surface area (Å²) in [6, 6.07) is 18.0. The van der Waals surface area contributed by atoms with Crippen molar-refractivity contribution in [3.63, 3.8) is 0 Å². The van der Waals surface area contributed by atoms with Crippen LogP contribution in [0.1, 0.15) is 33.8 Å². The van der Waals surface area contributed by atoms with Crippen molar-refractivity contribution in [2.45, 2.75) is 33.9 Å². The number of esters is 1. The summed E-state index contributed by atoms with van der Waals surface area (Å²) in [5.41, 5.74) is 6.62. The van der Waals surface area contributed by atoms with Gasteiger partial charge in [0.05, 0.1) is 12.2 Å². The first-order valence-electron chi connectivity index (χ1n) is 10.4. The second-order valence-electron chi connectivity index (χ2n) is 7.68. The number of hydrogen-bond donors (Lipinski definition) is 0. The molecule has 162 valence electrons. The molecule has 0 aliphatic rings. The van der Waals surface area contributed by atoms with E-state index in [1.807, 2.05) is 48.9 Å². The van der Waals surface area contributed by atoms with E-state index in [1.165, 1.54) is 23.5 Å². The van der Waals surface area contributed by atoms with E-state index in [1.54, 1.807) is 6.08 Å². The summed E-state index contributed by atoms with van der Waals surface area (Å²) < 4.78 is 12.7. The number of hydrogen-bond acceptors (Lipinski definition) is 5. The van der Waals surface area contributed by atoms with E-state index in [0.717, 1.165) is 22.5 Å². The van der Waals surface area contributed by atoms with E-state index < -0.39 is 5.97 Å². The Bertz CT molecular complexity index is 1240. The van der Waals surface area contributed by atoms with Gasteiger partial charge in [0.2, 0.25) is 5.89 Å². The monoisotopic (exact) mass is 427 g/mol. The molecular formula is C26H25N3O3. The van der Waals surface area contributed by atoms with Gasteiger partial charge in [-0.15, -0.1) is 0 Å². The van der Waals surface area contributed by atoms with Gasteiger partial charge in [0.1, 0.15) is 18.6 Å². The quantitative estimate of drug-likeness (QED) is 0.297. The lowest BCUT2D eigenvalue weighted by Gasteiger charge is -2.05. The van der Waals surface area contributed by atoms with Crippen LogP contribution >= 0.6 is 0 Å². The van der Waals surface area contributed by atoms with Gasteiger partial charge in [-0.25, -0.2) is 9.78 Å². The fourth-order valence-corrected chi connectivity index (χ4v) is 3.40. The van der Waals surface area contributed by atoms with Crippen LogP contribution < -0.4 is 0 Å². The number of benzene rings is 2. The van der Waals surface area contributed by atoms with Crippen molar-refractivity contribution in [1.82, 2.24) is 14.8 Å². The molecule has 0 N–H and O–H groups in total. The molecule has 4 rings (SSSR count). The number of carbonyl (C=O) groups excluding carboxylic acids is 1. The van der Waals surface area contributed by atoms with Gasteiger partial charge < -0.3 is 9.15 Å². The molecule has 0 saturated carbocycles. The minimum atomic E-state index is -0.445. The molecule has 2 aromatic heterocycles. The van der Waals surface area contributed by atoms with Gasteiger partial charge in [-0.3, -0.25) is 4.68 Å². The van der Waals surface area contributed by atoms with Crippen LogP contribution in [0.15, 0.2) is 71.4 Å². The van der Waals surface area contributed by atoms with Gasteiger partial charge in [-0.1, -0.05) is 48.0 Å². The van der Waals surface area contributed by atoms with Gasteiger partial charge in [0.15, 0.2) is 0 Å². The second kappa shape index (κ2) is 9.47. The molecule has 6 nitrogen and oxygen atoms in total. The van der Waals surface area contributed by atoms with Gasteiger partial charge in [-0.2, -0.15) is 5.10 Å². The van der Waals surface area contributed by atoms with Crippen LogP contribution in [0.2, 0.25) is 0 Å². The zero-order chi connectivity index (χ0) is 22.5. The van der Waals surface area contributed by atoms with Crippen molar-refractivity contribution in [3.05, 3.63) is 101 Å². The first kappa shape index (κ1) is 21.3. The Balaban J connectivity index is 1.37. The normalized spacial score (nSPS) is 11.2. The summed E-state index contributed by atoms with van der Waals surface area (Å²) in [6.45, 7) is 6.73. The topological polar surface area (TPSA) is 70.2 Å². The van der Waals surface area contributed by atoms with Gasteiger partial charge in [0, 0.05) is 22.9 Å². The van der Waals surface area contributed by atoms with Gasteiger partial charge >= 0.3 is 5.97 Å². The third-order valence-electron chi connectivity index (χ3n) is 5.21. The molecule has 6 heteroatoms. The number of carbonyl (C=O) groups is 1. The van der Waals surface area contributed by atoms with E-state index >= 15 is 0 Å². The first-order chi connectivity index (χ1) is 15.5. The highest BCUT2D eigenvalue weighted by Crippen LogP contribution is 2.19. The van der Waals surface area contributed by atoms with Crippen molar-refractivity contribution in [3.8, 4) is 11.5 Å². The van der Waals surface area contributed by atoms with Crippen LogP contribution in [-0.4, -0.2) is 20.7 Å². The van der Waals surface area contributed by atoms with E-state index in [2.05, 4.69) is 41.3 Å². The van der Waals surface area contributed by atoms with E-state index in [9.17, 15) is 4.79 Å². The molecule has 2 heterocycles. The molecule has 32 heavy (non-hydrogen) atoms. The Hall–Kier alpha value is -3.93. The molecule has 0 unspecified atom stereocenters. The van der Waals surface area contributed by atoms with E-state index in [0.29, 0.717) is 18.1 Å². The number of oxazole rings is 1. The average molecular weight is 428 g/mol. The van der Waals surface area contributed by atoms with Crippen LogP contribution in [0.25, 0.3) is 17.5 Å². The number of aromatic nitrogens is 3. The molecular weight excluding hydrogens is 402 g/mol. The van der Waals surface area contributed by atoms with Crippen molar-refractivity contribution in [2.75, 3.05) is 0 Å². The molecule has 0 spiro atoms.